The Morgan fingerprint density at radius 1 is 0.972 bits per heavy atom. The maximum atomic E-state index is 14.1. The highest BCUT2D eigenvalue weighted by Gasteiger charge is 2.37. The molecule has 1 aromatic heterocycles. The molecule has 0 bridgehead atoms. The third-order valence-electron chi connectivity index (χ3n) is 6.74. The van der Waals surface area contributed by atoms with Crippen LogP contribution in [0.15, 0.2) is 53.1 Å². The predicted octanol–water partition coefficient (Wildman–Crippen LogP) is 5.67. The quantitative estimate of drug-likeness (QED) is 0.440. The van der Waals surface area contributed by atoms with Crippen molar-refractivity contribution in [1.82, 2.24) is 5.32 Å². The molecule has 1 aliphatic rings. The first kappa shape index (κ1) is 25.4. The van der Waals surface area contributed by atoms with Gasteiger partial charge in [-0.3, -0.25) is 14.5 Å². The largest absolute Gasteiger partial charge is 0.497 e. The molecule has 0 aliphatic heterocycles. The average Bonchev–Trinajstić information content (AvgIpc) is 3.52. The van der Waals surface area contributed by atoms with Gasteiger partial charge in [-0.1, -0.05) is 18.9 Å². The molecule has 1 aliphatic carbocycles. The molecule has 2 aromatic carbocycles. The SMILES string of the molecule is COc1ccc(C(C(=O)NC2CCCC2)N(C(=O)c2ccoc2C)c2cc(C)cc(C)c2)c(OC)c1. The Morgan fingerprint density at radius 2 is 1.67 bits per heavy atom. The van der Waals surface area contributed by atoms with Crippen molar-refractivity contribution in [2.75, 3.05) is 19.1 Å². The molecule has 4 rings (SSSR count). The molecule has 190 valence electrons. The van der Waals surface area contributed by atoms with E-state index >= 15 is 0 Å². The van der Waals surface area contributed by atoms with E-state index in [0.29, 0.717) is 34.1 Å². The Kier molecular flexibility index (Phi) is 7.67. The Bertz CT molecular complexity index is 1220. The first-order valence-corrected chi connectivity index (χ1v) is 12.3. The minimum atomic E-state index is -0.977. The Hall–Kier alpha value is -3.74. The van der Waals surface area contributed by atoms with Crippen LogP contribution < -0.4 is 19.7 Å². The highest BCUT2D eigenvalue weighted by Crippen LogP contribution is 2.38. The summed E-state index contributed by atoms with van der Waals surface area (Å²) in [7, 11) is 3.12. The molecule has 0 saturated heterocycles. The summed E-state index contributed by atoms with van der Waals surface area (Å²) in [5.41, 5.74) is 3.58. The lowest BCUT2D eigenvalue weighted by molar-refractivity contribution is -0.123. The molecule has 2 amide bonds. The molecule has 1 saturated carbocycles. The van der Waals surface area contributed by atoms with Crippen LogP contribution in [0.4, 0.5) is 5.69 Å². The van der Waals surface area contributed by atoms with Crippen molar-refractivity contribution in [3.63, 3.8) is 0 Å². The van der Waals surface area contributed by atoms with E-state index in [1.54, 1.807) is 50.3 Å². The van der Waals surface area contributed by atoms with Crippen molar-refractivity contribution in [1.29, 1.82) is 0 Å². The summed E-state index contributed by atoms with van der Waals surface area (Å²) in [6.45, 7) is 5.70. The zero-order chi connectivity index (χ0) is 25.8. The molecule has 1 unspecified atom stereocenters. The van der Waals surface area contributed by atoms with Crippen LogP contribution in [0.25, 0.3) is 0 Å². The van der Waals surface area contributed by atoms with E-state index in [0.717, 1.165) is 36.8 Å². The smallest absolute Gasteiger partial charge is 0.262 e. The van der Waals surface area contributed by atoms with E-state index in [-0.39, 0.29) is 17.9 Å². The number of methoxy groups -OCH3 is 2. The van der Waals surface area contributed by atoms with E-state index in [4.69, 9.17) is 13.9 Å². The number of hydrogen-bond acceptors (Lipinski definition) is 5. The minimum absolute atomic E-state index is 0.0797. The molecule has 1 heterocycles. The van der Waals surface area contributed by atoms with Gasteiger partial charge in [0.25, 0.3) is 5.91 Å². The van der Waals surface area contributed by atoms with Crippen LogP contribution in [-0.2, 0) is 4.79 Å². The zero-order valence-electron chi connectivity index (χ0n) is 21.6. The lowest BCUT2D eigenvalue weighted by Crippen LogP contribution is -2.46. The molecule has 3 aromatic rings. The van der Waals surface area contributed by atoms with Crippen molar-refractivity contribution >= 4 is 17.5 Å². The second-order valence-electron chi connectivity index (χ2n) is 9.41. The van der Waals surface area contributed by atoms with Crippen molar-refractivity contribution in [2.45, 2.75) is 58.5 Å². The number of nitrogens with zero attached hydrogens (tertiary/aromatic N) is 1. The second-order valence-corrected chi connectivity index (χ2v) is 9.41. The fraction of sp³-hybridized carbons (Fsp3) is 0.379. The number of ether oxygens (including phenoxy) is 2. The van der Waals surface area contributed by atoms with E-state index in [2.05, 4.69) is 5.32 Å². The van der Waals surface area contributed by atoms with Crippen LogP contribution >= 0.6 is 0 Å². The van der Waals surface area contributed by atoms with Gasteiger partial charge < -0.3 is 19.2 Å². The molecule has 7 nitrogen and oxygen atoms in total. The number of hydrogen-bond donors (Lipinski definition) is 1. The van der Waals surface area contributed by atoms with Gasteiger partial charge in [0.2, 0.25) is 5.91 Å². The highest BCUT2D eigenvalue weighted by molar-refractivity contribution is 6.10. The van der Waals surface area contributed by atoms with E-state index < -0.39 is 6.04 Å². The van der Waals surface area contributed by atoms with Gasteiger partial charge in [0.1, 0.15) is 23.3 Å². The number of benzene rings is 2. The molecular weight excluding hydrogens is 456 g/mol. The van der Waals surface area contributed by atoms with Gasteiger partial charge in [-0.2, -0.15) is 0 Å². The van der Waals surface area contributed by atoms with Crippen molar-refractivity contribution in [2.24, 2.45) is 0 Å². The lowest BCUT2D eigenvalue weighted by atomic mass is 9.99. The Labute approximate surface area is 212 Å². The number of aryl methyl sites for hydroxylation is 3. The topological polar surface area (TPSA) is 81.0 Å². The zero-order valence-corrected chi connectivity index (χ0v) is 21.6. The van der Waals surface area contributed by atoms with Crippen LogP contribution in [0.3, 0.4) is 0 Å². The number of rotatable bonds is 8. The van der Waals surface area contributed by atoms with Gasteiger partial charge in [0.05, 0.1) is 26.0 Å². The van der Waals surface area contributed by atoms with Crippen LogP contribution in [0, 0.1) is 20.8 Å². The van der Waals surface area contributed by atoms with Gasteiger partial charge in [-0.25, -0.2) is 0 Å². The van der Waals surface area contributed by atoms with E-state index in [1.165, 1.54) is 6.26 Å². The van der Waals surface area contributed by atoms with Gasteiger partial charge >= 0.3 is 0 Å². The highest BCUT2D eigenvalue weighted by atomic mass is 16.5. The lowest BCUT2D eigenvalue weighted by Gasteiger charge is -2.33. The molecule has 7 heteroatoms. The van der Waals surface area contributed by atoms with Crippen molar-refractivity contribution in [3.05, 3.63) is 76.7 Å². The normalized spacial score (nSPS) is 14.4. The number of carbonyl (C=O) groups excluding carboxylic acids is 2. The molecule has 36 heavy (non-hydrogen) atoms. The minimum Gasteiger partial charge on any atom is -0.497 e. The van der Waals surface area contributed by atoms with Gasteiger partial charge in [-0.05, 0) is 75.1 Å². The summed E-state index contributed by atoms with van der Waals surface area (Å²) in [6, 6.07) is 11.9. The number of amides is 2. The maximum Gasteiger partial charge on any atom is 0.262 e. The van der Waals surface area contributed by atoms with Crippen LogP contribution in [0.1, 0.15) is 64.5 Å². The number of furan rings is 1. The Balaban J connectivity index is 1.92. The Morgan fingerprint density at radius 3 is 2.25 bits per heavy atom. The number of nitrogens with one attached hydrogen (secondary N) is 1. The summed E-state index contributed by atoms with van der Waals surface area (Å²) in [6.07, 6.45) is 5.50. The summed E-state index contributed by atoms with van der Waals surface area (Å²) in [4.78, 5) is 29.8. The van der Waals surface area contributed by atoms with Gasteiger partial charge in [0.15, 0.2) is 0 Å². The number of anilines is 1. The standard InChI is InChI=1S/C29H34N2O5/c1-18-14-19(2)16-22(15-18)31(29(33)24-12-13-36-20(24)3)27(28(32)30-21-8-6-7-9-21)25-11-10-23(34-4)17-26(25)35-5/h10-17,21,27H,6-9H2,1-5H3,(H,30,32). The molecule has 0 spiro atoms. The monoisotopic (exact) mass is 490 g/mol. The summed E-state index contributed by atoms with van der Waals surface area (Å²) < 4.78 is 16.5. The summed E-state index contributed by atoms with van der Waals surface area (Å²) >= 11 is 0. The van der Waals surface area contributed by atoms with Crippen LogP contribution in [-0.4, -0.2) is 32.1 Å². The molecule has 1 fully saturated rings. The third-order valence-corrected chi connectivity index (χ3v) is 6.74. The van der Waals surface area contributed by atoms with Crippen LogP contribution in [0.2, 0.25) is 0 Å². The predicted molar refractivity (Wildman–Crippen MR) is 139 cm³/mol. The first-order valence-electron chi connectivity index (χ1n) is 12.3. The van der Waals surface area contributed by atoms with E-state index in [9.17, 15) is 9.59 Å². The van der Waals surface area contributed by atoms with E-state index in [1.807, 2.05) is 32.0 Å². The van der Waals surface area contributed by atoms with Crippen molar-refractivity contribution < 1.29 is 23.5 Å². The first-order chi connectivity index (χ1) is 17.3. The molecule has 0 radical (unpaired) electrons. The second kappa shape index (κ2) is 10.9. The van der Waals surface area contributed by atoms with Crippen molar-refractivity contribution in [3.8, 4) is 11.5 Å². The van der Waals surface area contributed by atoms with Gasteiger partial charge in [0, 0.05) is 23.4 Å². The van der Waals surface area contributed by atoms with Crippen LogP contribution in [0.5, 0.6) is 11.5 Å². The summed E-state index contributed by atoms with van der Waals surface area (Å²) in [5, 5.41) is 3.21. The maximum absolute atomic E-state index is 14.1. The molecule has 1 atom stereocenters. The summed E-state index contributed by atoms with van der Waals surface area (Å²) in [5.74, 6) is 0.980. The average molecular weight is 491 g/mol. The fourth-order valence-corrected chi connectivity index (χ4v) is 5.00. The molecule has 1 N–H and O–H groups in total. The fourth-order valence-electron chi connectivity index (χ4n) is 5.00. The number of carbonyl (C=O) groups is 2. The molecular formula is C29H34N2O5. The van der Waals surface area contributed by atoms with Gasteiger partial charge in [-0.15, -0.1) is 0 Å². The third kappa shape index (κ3) is 5.25.